The lowest BCUT2D eigenvalue weighted by molar-refractivity contribution is 0.773. The third kappa shape index (κ3) is 2.60. The van der Waals surface area contributed by atoms with Gasteiger partial charge in [-0.3, -0.25) is 4.79 Å². The summed E-state index contributed by atoms with van der Waals surface area (Å²) in [6, 6.07) is 13.8. The summed E-state index contributed by atoms with van der Waals surface area (Å²) < 4.78 is 1.38. The van der Waals surface area contributed by atoms with Gasteiger partial charge in [0.2, 0.25) is 0 Å². The molecule has 0 amide bonds. The van der Waals surface area contributed by atoms with Crippen LogP contribution in [0.1, 0.15) is 10.7 Å². The number of hydrogen-bond acceptors (Lipinski definition) is 5. The predicted molar refractivity (Wildman–Crippen MR) is 101 cm³/mol. The summed E-state index contributed by atoms with van der Waals surface area (Å²) in [5, 5.41) is 8.93. The van der Waals surface area contributed by atoms with Crippen molar-refractivity contribution >= 4 is 39.1 Å². The van der Waals surface area contributed by atoms with E-state index in [0.29, 0.717) is 11.2 Å². The molecule has 0 saturated heterocycles. The molecular weight excluding hydrogens is 338 g/mol. The average Bonchev–Trinajstić information content (AvgIpc) is 3.25. The molecule has 4 rings (SSSR count). The monoisotopic (exact) mass is 351 g/mol. The smallest absolute Gasteiger partial charge is 0.267 e. The van der Waals surface area contributed by atoms with Crippen molar-refractivity contribution in [1.29, 1.82) is 0 Å². The summed E-state index contributed by atoms with van der Waals surface area (Å²) in [5.74, 6) is 0.585. The Morgan fingerprint density at radius 3 is 2.71 bits per heavy atom. The Kier molecular flexibility index (Phi) is 3.84. The van der Waals surface area contributed by atoms with E-state index in [4.69, 9.17) is 0 Å². The fourth-order valence-electron chi connectivity index (χ4n) is 2.53. The summed E-state index contributed by atoms with van der Waals surface area (Å²) in [7, 11) is 0. The fraction of sp³-hybridized carbons (Fsp3) is 0.0556. The zero-order chi connectivity index (χ0) is 16.5. The second kappa shape index (κ2) is 6.14. The fourth-order valence-corrected chi connectivity index (χ4v) is 4.09. The zero-order valence-corrected chi connectivity index (χ0v) is 14.5. The Balaban J connectivity index is 1.91. The van der Waals surface area contributed by atoms with Gasteiger partial charge in [0.1, 0.15) is 10.7 Å². The van der Waals surface area contributed by atoms with Crippen LogP contribution in [0.25, 0.3) is 21.3 Å². The van der Waals surface area contributed by atoms with E-state index in [1.54, 1.807) is 24.5 Å². The van der Waals surface area contributed by atoms with Gasteiger partial charge in [-0.2, -0.15) is 9.78 Å². The molecule has 4 aromatic rings. The average molecular weight is 351 g/mol. The van der Waals surface area contributed by atoms with Crippen LogP contribution in [0.4, 0.5) is 0 Å². The van der Waals surface area contributed by atoms with Gasteiger partial charge in [0.25, 0.3) is 5.56 Å². The maximum absolute atomic E-state index is 13.0. The van der Waals surface area contributed by atoms with E-state index in [-0.39, 0.29) is 5.56 Å². The first-order chi connectivity index (χ1) is 11.7. The maximum Gasteiger partial charge on any atom is 0.283 e. The van der Waals surface area contributed by atoms with Crippen molar-refractivity contribution in [2.45, 2.75) is 6.92 Å². The highest BCUT2D eigenvalue weighted by atomic mass is 32.1. The first-order valence-corrected chi connectivity index (χ1v) is 9.14. The molecule has 0 N–H and O–H groups in total. The number of hydrogen-bond donors (Lipinski definition) is 0. The van der Waals surface area contributed by atoms with E-state index < -0.39 is 0 Å². The van der Waals surface area contributed by atoms with Gasteiger partial charge in [0.05, 0.1) is 11.6 Å². The van der Waals surface area contributed by atoms with Crippen LogP contribution in [-0.4, -0.2) is 15.9 Å². The molecule has 24 heavy (non-hydrogen) atoms. The SMILES string of the molecule is Cc1nc2scc(-c3ccccc3)c2c(=O)n1/N=C/c1cccs1. The molecule has 4 nitrogen and oxygen atoms in total. The summed E-state index contributed by atoms with van der Waals surface area (Å²) in [6.07, 6.45) is 1.70. The van der Waals surface area contributed by atoms with Gasteiger partial charge >= 0.3 is 0 Å². The van der Waals surface area contributed by atoms with Crippen LogP contribution in [0.15, 0.2) is 63.1 Å². The number of aromatic nitrogens is 2. The molecule has 0 fully saturated rings. The number of fused-ring (bicyclic) bond motifs is 1. The van der Waals surface area contributed by atoms with Gasteiger partial charge < -0.3 is 0 Å². The van der Waals surface area contributed by atoms with Crippen LogP contribution in [0.2, 0.25) is 0 Å². The van der Waals surface area contributed by atoms with Crippen LogP contribution in [0.3, 0.4) is 0 Å². The molecule has 6 heteroatoms. The second-order valence-corrected chi connectivity index (χ2v) is 7.07. The number of benzene rings is 1. The number of nitrogens with zero attached hydrogens (tertiary/aromatic N) is 3. The minimum Gasteiger partial charge on any atom is -0.267 e. The van der Waals surface area contributed by atoms with E-state index in [2.05, 4.69) is 10.1 Å². The summed E-state index contributed by atoms with van der Waals surface area (Å²) in [6.45, 7) is 1.80. The van der Waals surface area contributed by atoms with E-state index >= 15 is 0 Å². The van der Waals surface area contributed by atoms with Crippen molar-refractivity contribution in [2.24, 2.45) is 5.10 Å². The third-order valence-electron chi connectivity index (χ3n) is 3.68. The van der Waals surface area contributed by atoms with Crippen molar-refractivity contribution in [2.75, 3.05) is 0 Å². The first-order valence-electron chi connectivity index (χ1n) is 7.38. The minimum absolute atomic E-state index is 0.134. The third-order valence-corrected chi connectivity index (χ3v) is 5.36. The van der Waals surface area contributed by atoms with Crippen molar-refractivity contribution in [3.8, 4) is 11.1 Å². The number of aryl methyl sites for hydroxylation is 1. The first kappa shape index (κ1) is 15.0. The minimum atomic E-state index is -0.134. The molecule has 0 bridgehead atoms. The second-order valence-electron chi connectivity index (χ2n) is 5.23. The Labute approximate surface area is 146 Å². The van der Waals surface area contributed by atoms with Gasteiger partial charge in [-0.05, 0) is 23.9 Å². The van der Waals surface area contributed by atoms with Gasteiger partial charge in [-0.1, -0.05) is 36.4 Å². The predicted octanol–water partition coefficient (Wildman–Crippen LogP) is 4.38. The summed E-state index contributed by atoms with van der Waals surface area (Å²) >= 11 is 3.06. The Morgan fingerprint density at radius 2 is 1.96 bits per heavy atom. The van der Waals surface area contributed by atoms with E-state index in [1.165, 1.54) is 16.0 Å². The molecule has 0 spiro atoms. The van der Waals surface area contributed by atoms with E-state index in [9.17, 15) is 4.79 Å². The standard InChI is InChI=1S/C18H13N3OS2/c1-12-20-17-16(15(11-24-17)13-6-3-2-4-7-13)18(22)21(12)19-10-14-8-5-9-23-14/h2-11H,1H3/b19-10+. The molecule has 3 aromatic heterocycles. The van der Waals surface area contributed by atoms with Crippen molar-refractivity contribution < 1.29 is 0 Å². The lowest BCUT2D eigenvalue weighted by Crippen LogP contribution is -2.20. The number of rotatable bonds is 3. The van der Waals surface area contributed by atoms with Crippen LogP contribution < -0.4 is 5.56 Å². The topological polar surface area (TPSA) is 47.2 Å². The summed E-state index contributed by atoms with van der Waals surface area (Å²) in [4.78, 5) is 19.3. The normalized spacial score (nSPS) is 11.5. The molecule has 0 aliphatic heterocycles. The molecule has 0 atom stereocenters. The maximum atomic E-state index is 13.0. The van der Waals surface area contributed by atoms with Crippen molar-refractivity contribution in [1.82, 2.24) is 9.66 Å². The zero-order valence-electron chi connectivity index (χ0n) is 12.8. The molecule has 0 aliphatic carbocycles. The Morgan fingerprint density at radius 1 is 1.12 bits per heavy atom. The highest BCUT2D eigenvalue weighted by Gasteiger charge is 2.14. The lowest BCUT2D eigenvalue weighted by Gasteiger charge is -2.04. The van der Waals surface area contributed by atoms with Gasteiger partial charge in [0.15, 0.2) is 0 Å². The van der Waals surface area contributed by atoms with Crippen LogP contribution in [-0.2, 0) is 0 Å². The van der Waals surface area contributed by atoms with E-state index in [1.807, 2.05) is 53.2 Å². The van der Waals surface area contributed by atoms with Crippen molar-refractivity contribution in [3.63, 3.8) is 0 Å². The molecule has 0 unspecified atom stereocenters. The highest BCUT2D eigenvalue weighted by Crippen LogP contribution is 2.30. The molecule has 1 aromatic carbocycles. The van der Waals surface area contributed by atoms with Crippen LogP contribution >= 0.6 is 22.7 Å². The molecule has 0 aliphatic rings. The molecule has 3 heterocycles. The quantitative estimate of drug-likeness (QED) is 0.514. The largest absolute Gasteiger partial charge is 0.283 e. The molecule has 0 saturated carbocycles. The lowest BCUT2D eigenvalue weighted by atomic mass is 10.1. The molecule has 0 radical (unpaired) electrons. The Bertz CT molecular complexity index is 1080. The van der Waals surface area contributed by atoms with Crippen LogP contribution in [0.5, 0.6) is 0 Å². The Hall–Kier alpha value is -2.57. The molecule has 118 valence electrons. The highest BCUT2D eigenvalue weighted by molar-refractivity contribution is 7.17. The van der Waals surface area contributed by atoms with Gasteiger partial charge in [0, 0.05) is 15.8 Å². The number of thiophene rings is 2. The summed E-state index contributed by atoms with van der Waals surface area (Å²) in [5.41, 5.74) is 1.79. The van der Waals surface area contributed by atoms with Gasteiger partial charge in [-0.25, -0.2) is 4.98 Å². The van der Waals surface area contributed by atoms with Crippen LogP contribution in [0, 0.1) is 6.92 Å². The van der Waals surface area contributed by atoms with Crippen molar-refractivity contribution in [3.05, 3.63) is 74.3 Å². The van der Waals surface area contributed by atoms with E-state index in [0.717, 1.165) is 20.8 Å². The van der Waals surface area contributed by atoms with Gasteiger partial charge in [-0.15, -0.1) is 22.7 Å². The molecular formula is C18H13N3OS2.